The quantitative estimate of drug-likeness (QED) is 0.798. The average molecular weight is 236 g/mol. The monoisotopic (exact) mass is 236 g/mol. The lowest BCUT2D eigenvalue weighted by Gasteiger charge is -2.16. The number of hydrogen-bond acceptors (Lipinski definition) is 2. The Morgan fingerprint density at radius 1 is 0.944 bits per heavy atom. The van der Waals surface area contributed by atoms with Crippen LogP contribution in [0.25, 0.3) is 0 Å². The molecule has 18 heavy (non-hydrogen) atoms. The molecule has 1 heterocycles. The summed E-state index contributed by atoms with van der Waals surface area (Å²) in [6, 6.07) is 21.3. The zero-order chi connectivity index (χ0) is 12.2. The van der Waals surface area contributed by atoms with E-state index in [1.807, 2.05) is 18.5 Å². The second-order valence-electron chi connectivity index (χ2n) is 4.61. The molecule has 0 radical (unpaired) electrons. The first-order valence-electron chi connectivity index (χ1n) is 6.28. The molecule has 0 spiro atoms. The maximum absolute atomic E-state index is 4.58. The van der Waals surface area contributed by atoms with Gasteiger partial charge in [0.1, 0.15) is 0 Å². The molecule has 0 saturated heterocycles. The van der Waals surface area contributed by atoms with Crippen molar-refractivity contribution >= 4 is 6.34 Å². The summed E-state index contributed by atoms with van der Waals surface area (Å²) in [5, 5.41) is 0. The molecule has 2 heteroatoms. The Bertz CT molecular complexity index is 519. The van der Waals surface area contributed by atoms with Crippen LogP contribution in [-0.4, -0.2) is 17.8 Å². The molecular formula is C16H16N2. The Labute approximate surface area is 108 Å². The summed E-state index contributed by atoms with van der Waals surface area (Å²) in [7, 11) is 0. The lowest BCUT2D eigenvalue weighted by atomic mass is 10.1. The van der Waals surface area contributed by atoms with E-state index in [0.29, 0.717) is 0 Å². The SMILES string of the molecule is C1=N[C@H](c2ccccc2)CN1Cc1ccccc1. The molecule has 0 aliphatic carbocycles. The third kappa shape index (κ3) is 2.43. The van der Waals surface area contributed by atoms with Crippen molar-refractivity contribution in [3.05, 3.63) is 71.8 Å². The highest BCUT2D eigenvalue weighted by atomic mass is 15.2. The number of rotatable bonds is 3. The fraction of sp³-hybridized carbons (Fsp3) is 0.188. The van der Waals surface area contributed by atoms with Crippen LogP contribution in [0.15, 0.2) is 65.7 Å². The van der Waals surface area contributed by atoms with E-state index in [1.165, 1.54) is 11.1 Å². The van der Waals surface area contributed by atoms with Crippen LogP contribution in [0.4, 0.5) is 0 Å². The van der Waals surface area contributed by atoms with Crippen molar-refractivity contribution in [2.24, 2.45) is 4.99 Å². The Morgan fingerprint density at radius 2 is 1.61 bits per heavy atom. The topological polar surface area (TPSA) is 15.6 Å². The molecular weight excluding hydrogens is 220 g/mol. The summed E-state index contributed by atoms with van der Waals surface area (Å²) >= 11 is 0. The maximum Gasteiger partial charge on any atom is 0.0941 e. The Morgan fingerprint density at radius 3 is 2.33 bits per heavy atom. The molecule has 0 N–H and O–H groups in total. The predicted molar refractivity (Wildman–Crippen MR) is 74.5 cm³/mol. The smallest absolute Gasteiger partial charge is 0.0941 e. The first kappa shape index (κ1) is 11.0. The van der Waals surface area contributed by atoms with Crippen LogP contribution in [0.5, 0.6) is 0 Å². The minimum Gasteiger partial charge on any atom is -0.356 e. The van der Waals surface area contributed by atoms with Crippen LogP contribution >= 0.6 is 0 Å². The van der Waals surface area contributed by atoms with E-state index in [9.17, 15) is 0 Å². The lowest BCUT2D eigenvalue weighted by Crippen LogP contribution is -2.20. The largest absolute Gasteiger partial charge is 0.356 e. The molecule has 2 nitrogen and oxygen atoms in total. The molecule has 0 unspecified atom stereocenters. The van der Waals surface area contributed by atoms with Crippen LogP contribution in [0.1, 0.15) is 17.2 Å². The zero-order valence-electron chi connectivity index (χ0n) is 10.2. The van der Waals surface area contributed by atoms with E-state index >= 15 is 0 Å². The molecule has 0 fully saturated rings. The van der Waals surface area contributed by atoms with Crippen LogP contribution in [0.3, 0.4) is 0 Å². The summed E-state index contributed by atoms with van der Waals surface area (Å²) in [6.07, 6.45) is 1.98. The van der Waals surface area contributed by atoms with Crippen LogP contribution in [0.2, 0.25) is 0 Å². The number of aliphatic imine (C=N–C) groups is 1. The van der Waals surface area contributed by atoms with Gasteiger partial charge in [0.2, 0.25) is 0 Å². The van der Waals surface area contributed by atoms with Crippen LogP contribution in [-0.2, 0) is 6.54 Å². The molecule has 1 aliphatic heterocycles. The second-order valence-corrected chi connectivity index (χ2v) is 4.61. The van der Waals surface area contributed by atoms with Gasteiger partial charge in [0.15, 0.2) is 0 Å². The summed E-state index contributed by atoms with van der Waals surface area (Å²) in [5.41, 5.74) is 2.63. The summed E-state index contributed by atoms with van der Waals surface area (Å²) in [5.74, 6) is 0. The van der Waals surface area contributed by atoms with Crippen molar-refractivity contribution in [3.8, 4) is 0 Å². The second kappa shape index (κ2) is 5.05. The van der Waals surface area contributed by atoms with Gasteiger partial charge in [-0.2, -0.15) is 0 Å². The highest BCUT2D eigenvalue weighted by Crippen LogP contribution is 2.22. The van der Waals surface area contributed by atoms with Crippen molar-refractivity contribution in [1.29, 1.82) is 0 Å². The number of hydrogen-bond donors (Lipinski definition) is 0. The van der Waals surface area contributed by atoms with Gasteiger partial charge in [-0.1, -0.05) is 60.7 Å². The number of nitrogens with zero attached hydrogens (tertiary/aromatic N) is 2. The van der Waals surface area contributed by atoms with Crippen molar-refractivity contribution in [3.63, 3.8) is 0 Å². The molecule has 1 atom stereocenters. The van der Waals surface area contributed by atoms with Gasteiger partial charge < -0.3 is 4.90 Å². The zero-order valence-corrected chi connectivity index (χ0v) is 10.2. The highest BCUT2D eigenvalue weighted by Gasteiger charge is 2.18. The first-order valence-corrected chi connectivity index (χ1v) is 6.28. The van der Waals surface area contributed by atoms with E-state index in [4.69, 9.17) is 0 Å². The Balaban J connectivity index is 1.65. The van der Waals surface area contributed by atoms with E-state index in [2.05, 4.69) is 58.4 Å². The molecule has 3 rings (SSSR count). The standard InChI is InChI=1S/C16H16N2/c1-3-7-14(8-4-1)11-18-12-16(17-13-18)15-9-5-2-6-10-15/h1-10,13,16H,11-12H2/t16-/m0/s1. The fourth-order valence-electron chi connectivity index (χ4n) is 2.28. The Kier molecular flexibility index (Phi) is 3.09. The molecule has 0 bridgehead atoms. The third-order valence-corrected chi connectivity index (χ3v) is 3.23. The van der Waals surface area contributed by atoms with Gasteiger partial charge in [-0.3, -0.25) is 4.99 Å². The van der Waals surface area contributed by atoms with Gasteiger partial charge in [0.25, 0.3) is 0 Å². The van der Waals surface area contributed by atoms with E-state index in [-0.39, 0.29) is 6.04 Å². The predicted octanol–water partition coefficient (Wildman–Crippen LogP) is 3.27. The van der Waals surface area contributed by atoms with Gasteiger partial charge in [0.05, 0.1) is 12.4 Å². The minimum absolute atomic E-state index is 0.287. The molecule has 0 aromatic heterocycles. The number of benzene rings is 2. The van der Waals surface area contributed by atoms with Crippen molar-refractivity contribution in [1.82, 2.24) is 4.90 Å². The maximum atomic E-state index is 4.58. The fourth-order valence-corrected chi connectivity index (χ4v) is 2.28. The van der Waals surface area contributed by atoms with Crippen LogP contribution in [0, 0.1) is 0 Å². The van der Waals surface area contributed by atoms with Gasteiger partial charge in [-0.15, -0.1) is 0 Å². The molecule has 0 saturated carbocycles. The van der Waals surface area contributed by atoms with Gasteiger partial charge in [0, 0.05) is 13.1 Å². The Hall–Kier alpha value is -2.09. The summed E-state index contributed by atoms with van der Waals surface area (Å²) < 4.78 is 0. The van der Waals surface area contributed by atoms with E-state index in [0.717, 1.165) is 13.1 Å². The van der Waals surface area contributed by atoms with Gasteiger partial charge >= 0.3 is 0 Å². The van der Waals surface area contributed by atoms with Crippen molar-refractivity contribution in [2.45, 2.75) is 12.6 Å². The highest BCUT2D eigenvalue weighted by molar-refractivity contribution is 5.58. The third-order valence-electron chi connectivity index (χ3n) is 3.23. The van der Waals surface area contributed by atoms with E-state index < -0.39 is 0 Å². The molecule has 2 aromatic rings. The minimum atomic E-state index is 0.287. The van der Waals surface area contributed by atoms with Crippen molar-refractivity contribution < 1.29 is 0 Å². The van der Waals surface area contributed by atoms with E-state index in [1.54, 1.807) is 0 Å². The molecule has 0 amide bonds. The van der Waals surface area contributed by atoms with Gasteiger partial charge in [-0.25, -0.2) is 0 Å². The van der Waals surface area contributed by atoms with Crippen LogP contribution < -0.4 is 0 Å². The first-order chi connectivity index (χ1) is 8.92. The molecule has 1 aliphatic rings. The molecule has 2 aromatic carbocycles. The average Bonchev–Trinajstić information content (AvgIpc) is 2.89. The summed E-state index contributed by atoms with van der Waals surface area (Å²) in [6.45, 7) is 1.91. The van der Waals surface area contributed by atoms with Gasteiger partial charge in [-0.05, 0) is 11.1 Å². The normalized spacial score (nSPS) is 18.2. The van der Waals surface area contributed by atoms with Crippen molar-refractivity contribution in [2.75, 3.05) is 6.54 Å². The molecule has 90 valence electrons. The lowest BCUT2D eigenvalue weighted by molar-refractivity contribution is 0.430. The summed E-state index contributed by atoms with van der Waals surface area (Å²) in [4.78, 5) is 6.86.